The maximum absolute atomic E-state index is 13.5. The molecule has 12 nitrogen and oxygen atoms in total. The molecule has 0 spiro atoms. The van der Waals surface area contributed by atoms with E-state index in [1.165, 1.54) is 16.8 Å². The first-order valence-corrected chi connectivity index (χ1v) is 13.7. The Morgan fingerprint density at radius 1 is 1.23 bits per heavy atom. The number of pyridine rings is 1. The Morgan fingerprint density at radius 3 is 2.57 bits per heavy atom. The molecule has 1 aliphatic rings. The predicted octanol–water partition coefficient (Wildman–Crippen LogP) is 2.72. The van der Waals surface area contributed by atoms with Crippen LogP contribution in [0.15, 0.2) is 50.5 Å². The van der Waals surface area contributed by atoms with Gasteiger partial charge in [-0.2, -0.15) is 8.42 Å². The maximum Gasteiger partial charge on any atom is 0.306 e. The van der Waals surface area contributed by atoms with E-state index in [0.717, 1.165) is 6.26 Å². The highest BCUT2D eigenvalue weighted by Gasteiger charge is 2.33. The third kappa shape index (κ3) is 4.60. The molecule has 0 saturated carbocycles. The molecule has 35 heavy (non-hydrogen) atoms. The lowest BCUT2D eigenvalue weighted by Gasteiger charge is -2.35. The molecule has 2 heterocycles. The number of rotatable bonds is 6. The molecule has 0 amide bonds. The number of nitrogens with zero attached hydrogens (tertiary/aromatic N) is 2. The van der Waals surface area contributed by atoms with Crippen LogP contribution >= 0.6 is 10.8 Å². The molecule has 1 aliphatic heterocycles. The minimum Gasteiger partial charge on any atom is -0.506 e. The van der Waals surface area contributed by atoms with Crippen LogP contribution in [0, 0.1) is 5.92 Å². The number of fused-ring (bicyclic) bond motifs is 2. The molecule has 0 unspecified atom stereocenters. The fourth-order valence-corrected chi connectivity index (χ4v) is 5.38. The van der Waals surface area contributed by atoms with Gasteiger partial charge in [0.15, 0.2) is 11.6 Å². The zero-order valence-corrected chi connectivity index (χ0v) is 20.6. The molecule has 0 aliphatic carbocycles. The fourth-order valence-electron chi connectivity index (χ4n) is 3.61. The second-order valence-corrected chi connectivity index (χ2v) is 11.6. The number of hydrogen-bond acceptors (Lipinski definition) is 11. The first-order valence-electron chi connectivity index (χ1n) is 10.4. The van der Waals surface area contributed by atoms with Gasteiger partial charge in [-0.05, 0) is 30.2 Å². The van der Waals surface area contributed by atoms with Gasteiger partial charge in [-0.15, -0.1) is 4.40 Å². The Hall–Kier alpha value is -3.46. The van der Waals surface area contributed by atoms with Crippen LogP contribution in [0.1, 0.15) is 19.4 Å². The Morgan fingerprint density at radius 2 is 1.91 bits per heavy atom. The Balaban J connectivity index is 1.90. The number of nitrogens with two attached hydrogens (primary N) is 1. The zero-order valence-electron chi connectivity index (χ0n) is 19.0. The van der Waals surface area contributed by atoms with Crippen molar-refractivity contribution >= 4 is 49.0 Å². The van der Waals surface area contributed by atoms with Crippen molar-refractivity contribution in [2.24, 2.45) is 10.3 Å². The van der Waals surface area contributed by atoms with Crippen molar-refractivity contribution < 1.29 is 26.8 Å². The number of nitrogen functional groups attached to an aromatic ring is 1. The van der Waals surface area contributed by atoms with Gasteiger partial charge in [0, 0.05) is 11.9 Å². The SMILES string of the molecule is CC(C)CNn1c(=O)c(C2=NS(O)(O)c3c(ccc(OS(C)(=O)=O)c3N)N2)c(O)c2ccccc21. The minimum absolute atomic E-state index is 0.0574. The number of nitrogens with one attached hydrogen (secondary N) is 2. The Kier molecular flexibility index (Phi) is 6.09. The minimum atomic E-state index is -4.03. The highest BCUT2D eigenvalue weighted by Crippen LogP contribution is 2.59. The summed E-state index contributed by atoms with van der Waals surface area (Å²) in [5.74, 6) is -0.793. The van der Waals surface area contributed by atoms with Gasteiger partial charge in [0.05, 0.1) is 17.5 Å². The van der Waals surface area contributed by atoms with Gasteiger partial charge in [-0.25, -0.2) is 4.68 Å². The van der Waals surface area contributed by atoms with E-state index in [1.807, 2.05) is 13.8 Å². The molecule has 1 aromatic heterocycles. The number of hydrogen-bond donors (Lipinski definition) is 6. The van der Waals surface area contributed by atoms with Crippen molar-refractivity contribution in [2.75, 3.05) is 29.3 Å². The average Bonchev–Trinajstić information content (AvgIpc) is 2.74. The van der Waals surface area contributed by atoms with E-state index in [-0.39, 0.29) is 39.3 Å². The van der Waals surface area contributed by atoms with E-state index in [1.54, 1.807) is 24.3 Å². The van der Waals surface area contributed by atoms with E-state index in [9.17, 15) is 27.4 Å². The van der Waals surface area contributed by atoms with Crippen molar-refractivity contribution in [3.05, 3.63) is 52.3 Å². The van der Waals surface area contributed by atoms with Crippen LogP contribution in [-0.2, 0) is 10.1 Å². The number of benzene rings is 2. The summed E-state index contributed by atoms with van der Waals surface area (Å²) in [5.41, 5.74) is 8.19. The van der Waals surface area contributed by atoms with E-state index in [2.05, 4.69) is 15.1 Å². The summed E-state index contributed by atoms with van der Waals surface area (Å²) in [6.07, 6.45) is 0.819. The smallest absolute Gasteiger partial charge is 0.306 e. The monoisotopic (exact) mass is 523 g/mol. The van der Waals surface area contributed by atoms with Crippen LogP contribution in [-0.4, -0.2) is 45.9 Å². The van der Waals surface area contributed by atoms with Crippen LogP contribution in [0.2, 0.25) is 0 Å². The molecule has 2 aromatic carbocycles. The standard InChI is InChI=1S/C21H25N5O7S2/c1-11(2)10-23-26-14-7-5-4-6-12(14)18(27)16(21(26)28)20-24-13-8-9-15(33-34(3,29)30)17(22)19(13)35(31,32)25-20/h4-9,11,23,27,31-32H,10,22H2,1-3H3,(H,24,25). The molecule has 0 saturated heterocycles. The summed E-state index contributed by atoms with van der Waals surface area (Å²) in [7, 11) is -7.97. The van der Waals surface area contributed by atoms with E-state index in [4.69, 9.17) is 9.92 Å². The second-order valence-electron chi connectivity index (χ2n) is 8.36. The summed E-state index contributed by atoms with van der Waals surface area (Å²) >= 11 is 0. The van der Waals surface area contributed by atoms with Crippen molar-refractivity contribution in [3.8, 4) is 11.5 Å². The number of anilines is 2. The van der Waals surface area contributed by atoms with Crippen molar-refractivity contribution in [1.29, 1.82) is 0 Å². The van der Waals surface area contributed by atoms with Gasteiger partial charge in [-0.3, -0.25) is 13.9 Å². The van der Waals surface area contributed by atoms with Crippen molar-refractivity contribution in [2.45, 2.75) is 18.7 Å². The molecule has 14 heteroatoms. The van der Waals surface area contributed by atoms with Crippen LogP contribution in [0.3, 0.4) is 0 Å². The average molecular weight is 524 g/mol. The summed E-state index contributed by atoms with van der Waals surface area (Å²) in [4.78, 5) is 13.2. The molecule has 7 N–H and O–H groups in total. The van der Waals surface area contributed by atoms with Crippen LogP contribution < -0.4 is 26.2 Å². The van der Waals surface area contributed by atoms with Gasteiger partial charge >= 0.3 is 10.1 Å². The highest BCUT2D eigenvalue weighted by molar-refractivity contribution is 8.23. The molecule has 0 radical (unpaired) electrons. The molecule has 188 valence electrons. The van der Waals surface area contributed by atoms with Crippen molar-refractivity contribution in [1.82, 2.24) is 4.68 Å². The maximum atomic E-state index is 13.5. The number of para-hydroxylation sites is 1. The highest BCUT2D eigenvalue weighted by atomic mass is 32.3. The van der Waals surface area contributed by atoms with E-state index >= 15 is 0 Å². The van der Waals surface area contributed by atoms with Gasteiger partial charge < -0.3 is 25.8 Å². The quantitative estimate of drug-likeness (QED) is 0.207. The Labute approximate surface area is 202 Å². The van der Waals surface area contributed by atoms with Crippen LogP contribution in [0.4, 0.5) is 11.4 Å². The van der Waals surface area contributed by atoms with Gasteiger partial charge in [0.2, 0.25) is 0 Å². The lowest BCUT2D eigenvalue weighted by molar-refractivity contribution is 0.477. The van der Waals surface area contributed by atoms with Gasteiger partial charge in [0.25, 0.3) is 5.56 Å². The lowest BCUT2D eigenvalue weighted by Crippen LogP contribution is -2.37. The molecule has 4 rings (SSSR count). The van der Waals surface area contributed by atoms with E-state index < -0.39 is 32.2 Å². The molecule has 0 atom stereocenters. The molecular weight excluding hydrogens is 498 g/mol. The third-order valence-corrected chi connectivity index (χ3v) is 7.00. The first-order chi connectivity index (χ1) is 16.3. The van der Waals surface area contributed by atoms with E-state index in [0.29, 0.717) is 17.4 Å². The first kappa shape index (κ1) is 24.7. The van der Waals surface area contributed by atoms with Gasteiger partial charge in [0.1, 0.15) is 21.9 Å². The number of amidine groups is 1. The topological polar surface area (TPSA) is 188 Å². The fraction of sp³-hybridized carbons (Fsp3) is 0.238. The molecular formula is C21H25N5O7S2. The lowest BCUT2D eigenvalue weighted by atomic mass is 10.1. The zero-order chi connectivity index (χ0) is 25.7. The predicted molar refractivity (Wildman–Crippen MR) is 137 cm³/mol. The summed E-state index contributed by atoms with van der Waals surface area (Å²) in [6, 6.07) is 9.22. The third-order valence-electron chi connectivity index (χ3n) is 5.09. The summed E-state index contributed by atoms with van der Waals surface area (Å²) in [6.45, 7) is 4.38. The van der Waals surface area contributed by atoms with Crippen LogP contribution in [0.5, 0.6) is 11.5 Å². The van der Waals surface area contributed by atoms with Gasteiger partial charge in [-0.1, -0.05) is 36.8 Å². The van der Waals surface area contributed by atoms with Crippen molar-refractivity contribution in [3.63, 3.8) is 0 Å². The van der Waals surface area contributed by atoms with Crippen LogP contribution in [0.25, 0.3) is 10.9 Å². The Bertz CT molecular complexity index is 1530. The molecule has 3 aromatic rings. The largest absolute Gasteiger partial charge is 0.506 e. The normalized spacial score (nSPS) is 15.8. The molecule has 0 fully saturated rings. The summed E-state index contributed by atoms with van der Waals surface area (Å²) in [5, 5.41) is 14.1. The summed E-state index contributed by atoms with van der Waals surface area (Å²) < 4.78 is 54.7. The second kappa shape index (κ2) is 8.64. The number of aromatic hydroxyl groups is 1. The molecule has 0 bridgehead atoms. The number of aromatic nitrogens is 1.